The largest absolute Gasteiger partial charge is 0.381 e. The molecule has 5 nitrogen and oxygen atoms in total. The molecule has 2 aromatic heterocycles. The lowest BCUT2D eigenvalue weighted by atomic mass is 10.4. The zero-order valence-electron chi connectivity index (χ0n) is 6.55. The van der Waals surface area contributed by atoms with Gasteiger partial charge in [-0.3, -0.25) is 4.98 Å². The van der Waals surface area contributed by atoms with Gasteiger partial charge >= 0.3 is 0 Å². The van der Waals surface area contributed by atoms with E-state index in [1.165, 1.54) is 17.2 Å². The van der Waals surface area contributed by atoms with E-state index in [2.05, 4.69) is 15.2 Å². The molecule has 2 N–H and O–H groups in total. The molecular formula is C7H6ClN5. The van der Waals surface area contributed by atoms with Gasteiger partial charge < -0.3 is 5.73 Å². The van der Waals surface area contributed by atoms with Gasteiger partial charge in [-0.2, -0.15) is 5.10 Å². The van der Waals surface area contributed by atoms with Gasteiger partial charge in [0.1, 0.15) is 5.69 Å². The van der Waals surface area contributed by atoms with Crippen LogP contribution in [0.25, 0.3) is 5.69 Å². The molecule has 66 valence electrons. The predicted molar refractivity (Wildman–Crippen MR) is 48.6 cm³/mol. The number of pyridine rings is 1. The Balaban J connectivity index is 2.46. The fourth-order valence-corrected chi connectivity index (χ4v) is 1.08. The van der Waals surface area contributed by atoms with Gasteiger partial charge in [-0.25, -0.2) is 0 Å². The Morgan fingerprint density at radius 2 is 2.15 bits per heavy atom. The summed E-state index contributed by atoms with van der Waals surface area (Å²) in [7, 11) is 0. The van der Waals surface area contributed by atoms with Gasteiger partial charge in [0.2, 0.25) is 0 Å². The monoisotopic (exact) mass is 195 g/mol. The van der Waals surface area contributed by atoms with Crippen molar-refractivity contribution in [2.75, 3.05) is 5.73 Å². The fourth-order valence-electron chi connectivity index (χ4n) is 0.909. The number of anilines is 1. The highest BCUT2D eigenvalue weighted by atomic mass is 35.5. The molecule has 2 heterocycles. The van der Waals surface area contributed by atoms with Crippen LogP contribution < -0.4 is 5.73 Å². The summed E-state index contributed by atoms with van der Waals surface area (Å²) in [4.78, 5) is 5.27. The third-order valence-electron chi connectivity index (χ3n) is 1.43. The minimum atomic E-state index is 0.361. The van der Waals surface area contributed by atoms with E-state index >= 15 is 0 Å². The second-order valence-corrected chi connectivity index (χ2v) is 2.86. The molecule has 13 heavy (non-hydrogen) atoms. The first-order valence-corrected chi connectivity index (χ1v) is 3.92. The smallest absolute Gasteiger partial charge is 0.166 e. The molecule has 0 aromatic carbocycles. The normalized spacial score (nSPS) is 10.2. The summed E-state index contributed by atoms with van der Waals surface area (Å²) >= 11 is 5.74. The van der Waals surface area contributed by atoms with Crippen LogP contribution in [0.1, 0.15) is 0 Å². The first kappa shape index (κ1) is 8.00. The molecule has 2 aromatic rings. The zero-order valence-corrected chi connectivity index (χ0v) is 7.31. The van der Waals surface area contributed by atoms with Crippen LogP contribution in [0.3, 0.4) is 0 Å². The Morgan fingerprint density at radius 1 is 1.31 bits per heavy atom. The number of halogens is 1. The molecule has 0 aliphatic carbocycles. The van der Waals surface area contributed by atoms with E-state index in [4.69, 9.17) is 17.3 Å². The first-order chi connectivity index (χ1) is 6.25. The summed E-state index contributed by atoms with van der Waals surface area (Å²) in [6, 6.07) is 1.70. The summed E-state index contributed by atoms with van der Waals surface area (Å²) in [6.07, 6.45) is 4.60. The van der Waals surface area contributed by atoms with Crippen LogP contribution in [0.5, 0.6) is 0 Å². The molecule has 0 bridgehead atoms. The highest BCUT2D eigenvalue weighted by Gasteiger charge is 2.00. The van der Waals surface area contributed by atoms with Crippen LogP contribution in [0.15, 0.2) is 24.7 Å². The Bertz CT molecular complexity index is 424. The topological polar surface area (TPSA) is 69.6 Å². The summed E-state index contributed by atoms with van der Waals surface area (Å²) in [5.41, 5.74) is 6.09. The lowest BCUT2D eigenvalue weighted by Crippen LogP contribution is -1.99. The molecule has 0 fully saturated rings. The van der Waals surface area contributed by atoms with Crippen molar-refractivity contribution in [2.45, 2.75) is 0 Å². The highest BCUT2D eigenvalue weighted by molar-refractivity contribution is 6.30. The molecule has 0 atom stereocenters. The van der Waals surface area contributed by atoms with Gasteiger partial charge in [0, 0.05) is 6.20 Å². The average Bonchev–Trinajstić information content (AvgIpc) is 2.52. The number of nitrogens with zero attached hydrogens (tertiary/aromatic N) is 4. The Hall–Kier alpha value is -1.62. The van der Waals surface area contributed by atoms with E-state index in [9.17, 15) is 0 Å². The second kappa shape index (κ2) is 3.02. The first-order valence-electron chi connectivity index (χ1n) is 3.54. The Labute approximate surface area is 79.1 Å². The maximum Gasteiger partial charge on any atom is 0.166 e. The predicted octanol–water partition coefficient (Wildman–Crippen LogP) is 0.898. The Kier molecular flexibility index (Phi) is 1.86. The van der Waals surface area contributed by atoms with Crippen LogP contribution in [0.2, 0.25) is 5.02 Å². The van der Waals surface area contributed by atoms with Crippen molar-refractivity contribution in [3.63, 3.8) is 0 Å². The number of nitrogen functional groups attached to an aromatic ring is 1. The number of aromatic nitrogens is 4. The number of rotatable bonds is 1. The van der Waals surface area contributed by atoms with Crippen LogP contribution in [0, 0.1) is 0 Å². The quantitative estimate of drug-likeness (QED) is 0.734. The molecule has 2 rings (SSSR count). The maximum absolute atomic E-state index is 5.74. The van der Waals surface area contributed by atoms with E-state index in [0.717, 1.165) is 0 Å². The lowest BCUT2D eigenvalue weighted by Gasteiger charge is -1.97. The number of hydrogen-bond donors (Lipinski definition) is 1. The van der Waals surface area contributed by atoms with Crippen molar-refractivity contribution in [2.24, 2.45) is 0 Å². The average molecular weight is 196 g/mol. The highest BCUT2D eigenvalue weighted by Crippen LogP contribution is 2.11. The standard InChI is InChI=1S/C7H6ClN5/c8-5-1-6(3-10-2-5)13-11-4-7(9)12-13/h1-4H,(H2,9,12). The molecule has 0 saturated carbocycles. The van der Waals surface area contributed by atoms with E-state index < -0.39 is 0 Å². The zero-order chi connectivity index (χ0) is 9.26. The SMILES string of the molecule is Nc1cnn(-c2cncc(Cl)c2)n1. The Morgan fingerprint density at radius 3 is 2.77 bits per heavy atom. The second-order valence-electron chi connectivity index (χ2n) is 2.42. The van der Waals surface area contributed by atoms with E-state index in [1.54, 1.807) is 12.3 Å². The summed E-state index contributed by atoms with van der Waals surface area (Å²) in [5, 5.41) is 8.35. The maximum atomic E-state index is 5.74. The van der Waals surface area contributed by atoms with Crippen LogP contribution in [0.4, 0.5) is 5.82 Å². The van der Waals surface area contributed by atoms with Gasteiger partial charge in [-0.15, -0.1) is 9.90 Å². The summed E-state index contributed by atoms with van der Waals surface area (Å²) in [6.45, 7) is 0. The number of hydrogen-bond acceptors (Lipinski definition) is 4. The molecule has 0 aliphatic heterocycles. The lowest BCUT2D eigenvalue weighted by molar-refractivity contribution is 0.751. The third kappa shape index (κ3) is 1.59. The van der Waals surface area contributed by atoms with Crippen LogP contribution in [-0.2, 0) is 0 Å². The molecular weight excluding hydrogens is 190 g/mol. The molecule has 0 unspecified atom stereocenters. The minimum absolute atomic E-state index is 0.361. The van der Waals surface area contributed by atoms with Gasteiger partial charge in [0.25, 0.3) is 0 Å². The van der Waals surface area contributed by atoms with Crippen LogP contribution >= 0.6 is 11.6 Å². The molecule has 0 amide bonds. The van der Waals surface area contributed by atoms with E-state index in [-0.39, 0.29) is 0 Å². The van der Waals surface area contributed by atoms with Gasteiger partial charge in [-0.05, 0) is 6.07 Å². The van der Waals surface area contributed by atoms with Crippen molar-refractivity contribution in [3.8, 4) is 5.69 Å². The molecule has 0 aliphatic rings. The van der Waals surface area contributed by atoms with Gasteiger partial charge in [0.05, 0.1) is 17.4 Å². The number of nitrogens with two attached hydrogens (primary N) is 1. The fraction of sp³-hybridized carbons (Fsp3) is 0. The molecule has 0 saturated heterocycles. The molecule has 6 heteroatoms. The summed E-state index contributed by atoms with van der Waals surface area (Å²) < 4.78 is 0. The minimum Gasteiger partial charge on any atom is -0.381 e. The molecule has 0 radical (unpaired) electrons. The van der Waals surface area contributed by atoms with Crippen LogP contribution in [-0.4, -0.2) is 20.0 Å². The van der Waals surface area contributed by atoms with Gasteiger partial charge in [-0.1, -0.05) is 11.6 Å². The van der Waals surface area contributed by atoms with Crippen molar-refractivity contribution < 1.29 is 0 Å². The molecule has 0 spiro atoms. The van der Waals surface area contributed by atoms with Gasteiger partial charge in [0.15, 0.2) is 5.82 Å². The van der Waals surface area contributed by atoms with Crippen molar-refractivity contribution in [1.82, 2.24) is 20.0 Å². The van der Waals surface area contributed by atoms with Crippen molar-refractivity contribution >= 4 is 17.4 Å². The summed E-state index contributed by atoms with van der Waals surface area (Å²) in [5.74, 6) is 0.361. The van der Waals surface area contributed by atoms with Crippen molar-refractivity contribution in [3.05, 3.63) is 29.7 Å². The van der Waals surface area contributed by atoms with Crippen molar-refractivity contribution in [1.29, 1.82) is 0 Å². The third-order valence-corrected chi connectivity index (χ3v) is 1.64. The van der Waals surface area contributed by atoms with E-state index in [1.807, 2.05) is 0 Å². The van der Waals surface area contributed by atoms with E-state index in [0.29, 0.717) is 16.5 Å².